The van der Waals surface area contributed by atoms with Gasteiger partial charge in [-0.2, -0.15) is 0 Å². The van der Waals surface area contributed by atoms with Gasteiger partial charge in [0.15, 0.2) is 10.3 Å². The summed E-state index contributed by atoms with van der Waals surface area (Å²) < 4.78 is 7.21. The largest absolute Gasteiger partial charge is 0.495 e. The van der Waals surface area contributed by atoms with Gasteiger partial charge in [0.05, 0.1) is 29.6 Å². The van der Waals surface area contributed by atoms with E-state index in [2.05, 4.69) is 25.9 Å². The molecule has 2 N–H and O–H groups in total. The molecule has 5 rings (SSSR count). The third-order valence-electron chi connectivity index (χ3n) is 5.70. The summed E-state index contributed by atoms with van der Waals surface area (Å²) in [5, 5.41) is 17.5. The van der Waals surface area contributed by atoms with Crippen molar-refractivity contribution < 1.29 is 9.53 Å². The summed E-state index contributed by atoms with van der Waals surface area (Å²) in [4.78, 5) is 22.9. The van der Waals surface area contributed by atoms with Gasteiger partial charge >= 0.3 is 0 Å². The highest BCUT2D eigenvalue weighted by Crippen LogP contribution is 2.42. The molecule has 5 aromatic rings. The zero-order chi connectivity index (χ0) is 27.7. The predicted octanol–water partition coefficient (Wildman–Crippen LogP) is 7.21. The van der Waals surface area contributed by atoms with Crippen LogP contribution in [0.1, 0.15) is 26.5 Å². The van der Waals surface area contributed by atoms with Crippen molar-refractivity contribution in [2.24, 2.45) is 5.41 Å². The number of halogens is 1. The molecule has 0 fully saturated rings. The number of nitrogens with one attached hydrogen (secondary N) is 2. The standard InChI is InChI=1S/C27H26ClN7O2S2/c1-15-22(38-25(29-15)32-24(36)27(2,3)4)21-23(35-14-19(33-34-35)16-9-7-6-8-10-16)39-26(31-21)30-18-13-17(28)11-12-20(18)37-5/h6-14H,1-5H3,(H,30,31)(H,29,32,36). The second kappa shape index (κ2) is 10.8. The number of benzene rings is 2. The molecule has 200 valence electrons. The summed E-state index contributed by atoms with van der Waals surface area (Å²) in [6.45, 7) is 7.48. The number of carbonyl (C=O) groups excluding carboxylic acids is 1. The fourth-order valence-corrected chi connectivity index (χ4v) is 5.72. The smallest absolute Gasteiger partial charge is 0.231 e. The minimum Gasteiger partial charge on any atom is -0.495 e. The first kappa shape index (κ1) is 26.8. The summed E-state index contributed by atoms with van der Waals surface area (Å²) in [6.07, 6.45) is 1.87. The van der Waals surface area contributed by atoms with Crippen molar-refractivity contribution in [1.29, 1.82) is 0 Å². The number of nitrogens with zero attached hydrogens (tertiary/aromatic N) is 5. The van der Waals surface area contributed by atoms with Gasteiger partial charge in [-0.3, -0.25) is 4.79 Å². The molecule has 0 spiro atoms. The van der Waals surface area contributed by atoms with Crippen LogP contribution in [-0.4, -0.2) is 38.0 Å². The molecule has 39 heavy (non-hydrogen) atoms. The molecule has 0 aliphatic heterocycles. The first-order chi connectivity index (χ1) is 18.6. The lowest BCUT2D eigenvalue weighted by Crippen LogP contribution is -2.27. The molecular formula is C27H26ClN7O2S2. The van der Waals surface area contributed by atoms with Crippen molar-refractivity contribution in [1.82, 2.24) is 25.0 Å². The van der Waals surface area contributed by atoms with Gasteiger partial charge in [0.2, 0.25) is 5.91 Å². The van der Waals surface area contributed by atoms with Gasteiger partial charge in [0, 0.05) is 16.0 Å². The van der Waals surface area contributed by atoms with Crippen LogP contribution >= 0.6 is 34.3 Å². The maximum atomic E-state index is 12.6. The Morgan fingerprint density at radius 1 is 1.05 bits per heavy atom. The summed E-state index contributed by atoms with van der Waals surface area (Å²) in [7, 11) is 1.60. The van der Waals surface area contributed by atoms with E-state index in [4.69, 9.17) is 21.3 Å². The molecule has 2 aromatic carbocycles. The molecule has 0 aliphatic carbocycles. The molecule has 3 heterocycles. The molecule has 0 aliphatic rings. The van der Waals surface area contributed by atoms with Crippen LogP contribution in [0, 0.1) is 12.3 Å². The first-order valence-electron chi connectivity index (χ1n) is 12.0. The average molecular weight is 580 g/mol. The van der Waals surface area contributed by atoms with Gasteiger partial charge in [-0.15, -0.1) is 5.10 Å². The Balaban J connectivity index is 1.58. The van der Waals surface area contributed by atoms with Crippen LogP contribution in [0.4, 0.5) is 16.0 Å². The molecule has 3 aromatic heterocycles. The number of thiazole rings is 2. The van der Waals surface area contributed by atoms with Crippen molar-refractivity contribution >= 4 is 56.1 Å². The number of aromatic nitrogens is 5. The van der Waals surface area contributed by atoms with E-state index in [0.29, 0.717) is 32.4 Å². The Kier molecular flexibility index (Phi) is 7.39. The van der Waals surface area contributed by atoms with Gasteiger partial charge in [-0.25, -0.2) is 14.6 Å². The van der Waals surface area contributed by atoms with E-state index in [1.807, 2.05) is 64.2 Å². The quantitative estimate of drug-likeness (QED) is 0.210. The highest BCUT2D eigenvalue weighted by Gasteiger charge is 2.25. The molecule has 0 atom stereocenters. The third-order valence-corrected chi connectivity index (χ3v) is 7.97. The number of carbonyl (C=O) groups is 1. The maximum Gasteiger partial charge on any atom is 0.231 e. The number of amides is 1. The molecule has 0 radical (unpaired) electrons. The molecular weight excluding hydrogens is 554 g/mol. The second-order valence-electron chi connectivity index (χ2n) is 9.69. The predicted molar refractivity (Wildman–Crippen MR) is 158 cm³/mol. The van der Waals surface area contributed by atoms with E-state index in [0.717, 1.165) is 26.8 Å². The highest BCUT2D eigenvalue weighted by molar-refractivity contribution is 7.21. The van der Waals surface area contributed by atoms with Gasteiger partial charge in [0.1, 0.15) is 22.1 Å². The normalized spacial score (nSPS) is 11.4. The lowest BCUT2D eigenvalue weighted by atomic mass is 9.96. The Morgan fingerprint density at radius 3 is 2.54 bits per heavy atom. The monoisotopic (exact) mass is 579 g/mol. The number of methoxy groups -OCH3 is 1. The summed E-state index contributed by atoms with van der Waals surface area (Å²) in [6, 6.07) is 15.2. The maximum absolute atomic E-state index is 12.6. The summed E-state index contributed by atoms with van der Waals surface area (Å²) in [5.41, 5.74) is 3.23. The van der Waals surface area contributed by atoms with Crippen molar-refractivity contribution in [3.05, 3.63) is 65.4 Å². The van der Waals surface area contributed by atoms with Crippen molar-refractivity contribution in [3.63, 3.8) is 0 Å². The number of rotatable bonds is 7. The van der Waals surface area contributed by atoms with Crippen molar-refractivity contribution in [3.8, 4) is 32.6 Å². The van der Waals surface area contributed by atoms with Crippen LogP contribution in [0.2, 0.25) is 5.02 Å². The molecule has 0 bridgehead atoms. The minimum absolute atomic E-state index is 0.111. The van der Waals surface area contributed by atoms with Crippen LogP contribution in [0.3, 0.4) is 0 Å². The molecule has 1 amide bonds. The SMILES string of the molecule is COc1ccc(Cl)cc1Nc1nc(-c2sc(NC(=O)C(C)(C)C)nc2C)c(-n2cc(-c3ccccc3)nn2)s1. The van der Waals surface area contributed by atoms with Gasteiger partial charge in [-0.05, 0) is 25.1 Å². The van der Waals surface area contributed by atoms with Crippen molar-refractivity contribution in [2.75, 3.05) is 17.7 Å². The van der Waals surface area contributed by atoms with Crippen LogP contribution < -0.4 is 15.4 Å². The second-order valence-corrected chi connectivity index (χ2v) is 12.1. The topological polar surface area (TPSA) is 107 Å². The Labute approximate surface area is 238 Å². The summed E-state index contributed by atoms with van der Waals surface area (Å²) in [5.74, 6) is 0.520. The van der Waals surface area contributed by atoms with Crippen LogP contribution in [0.5, 0.6) is 5.75 Å². The zero-order valence-electron chi connectivity index (χ0n) is 21.9. The van der Waals surface area contributed by atoms with Gasteiger partial charge in [-0.1, -0.05) is 90.6 Å². The van der Waals surface area contributed by atoms with Gasteiger partial charge in [0.25, 0.3) is 0 Å². The van der Waals surface area contributed by atoms with E-state index < -0.39 is 5.41 Å². The fraction of sp³-hybridized carbons (Fsp3) is 0.222. The zero-order valence-corrected chi connectivity index (χ0v) is 24.3. The number of hydrogen-bond donors (Lipinski definition) is 2. The molecule has 0 unspecified atom stereocenters. The van der Waals surface area contributed by atoms with Crippen LogP contribution in [0.15, 0.2) is 54.7 Å². The average Bonchev–Trinajstić information content (AvgIpc) is 3.62. The highest BCUT2D eigenvalue weighted by atomic mass is 35.5. The third kappa shape index (κ3) is 5.80. The Bertz CT molecular complexity index is 1640. The number of anilines is 3. The van der Waals surface area contributed by atoms with E-state index >= 15 is 0 Å². The van der Waals surface area contributed by atoms with E-state index in [1.54, 1.807) is 30.0 Å². The first-order valence-corrected chi connectivity index (χ1v) is 14.0. The van der Waals surface area contributed by atoms with E-state index in [-0.39, 0.29) is 5.91 Å². The van der Waals surface area contributed by atoms with E-state index in [1.165, 1.54) is 22.7 Å². The number of ether oxygens (including phenoxy) is 1. The number of hydrogen-bond acceptors (Lipinski definition) is 9. The van der Waals surface area contributed by atoms with Gasteiger partial charge < -0.3 is 15.4 Å². The lowest BCUT2D eigenvalue weighted by Gasteiger charge is -2.15. The Morgan fingerprint density at radius 2 is 1.82 bits per heavy atom. The summed E-state index contributed by atoms with van der Waals surface area (Å²) >= 11 is 9.02. The Hall–Kier alpha value is -3.80. The van der Waals surface area contributed by atoms with Crippen LogP contribution in [0.25, 0.3) is 26.8 Å². The minimum atomic E-state index is -0.548. The molecule has 12 heteroatoms. The fourth-order valence-electron chi connectivity index (χ4n) is 3.62. The lowest BCUT2D eigenvalue weighted by molar-refractivity contribution is -0.123. The molecule has 9 nitrogen and oxygen atoms in total. The van der Waals surface area contributed by atoms with Crippen LogP contribution in [-0.2, 0) is 4.79 Å². The van der Waals surface area contributed by atoms with E-state index in [9.17, 15) is 4.79 Å². The van der Waals surface area contributed by atoms with Crippen molar-refractivity contribution in [2.45, 2.75) is 27.7 Å². The number of aryl methyl sites for hydroxylation is 1. The molecule has 0 saturated heterocycles. The molecule has 0 saturated carbocycles.